The Kier molecular flexibility index (Phi) is 3.40. The van der Waals surface area contributed by atoms with E-state index in [-0.39, 0.29) is 23.2 Å². The molecule has 0 radical (unpaired) electrons. The van der Waals surface area contributed by atoms with Gasteiger partial charge in [-0.1, -0.05) is 32.4 Å². The van der Waals surface area contributed by atoms with E-state index in [4.69, 9.17) is 0 Å². The van der Waals surface area contributed by atoms with Crippen LogP contribution in [0.4, 0.5) is 0 Å². The maximum absolute atomic E-state index is 11.9. The molecular weight excluding hydrogens is 178 g/mol. The SMILES string of the molecule is CC(C)(C)C(=O)C1CCCC(N=O)C1. The van der Waals surface area contributed by atoms with E-state index < -0.39 is 0 Å². The third-order valence-electron chi connectivity index (χ3n) is 2.91. The van der Waals surface area contributed by atoms with Gasteiger partial charge in [-0.05, 0) is 19.3 Å². The van der Waals surface area contributed by atoms with Crippen molar-refractivity contribution in [2.24, 2.45) is 16.5 Å². The van der Waals surface area contributed by atoms with Crippen molar-refractivity contribution in [3.8, 4) is 0 Å². The Morgan fingerprint density at radius 2 is 1.93 bits per heavy atom. The van der Waals surface area contributed by atoms with E-state index in [0.29, 0.717) is 6.42 Å². The Balaban J connectivity index is 2.60. The number of hydrogen-bond donors (Lipinski definition) is 0. The fraction of sp³-hybridized carbons (Fsp3) is 0.909. The van der Waals surface area contributed by atoms with Crippen molar-refractivity contribution >= 4 is 5.78 Å². The smallest absolute Gasteiger partial charge is 0.141 e. The molecule has 1 fully saturated rings. The van der Waals surface area contributed by atoms with E-state index in [1.54, 1.807) is 0 Å². The van der Waals surface area contributed by atoms with Gasteiger partial charge in [-0.3, -0.25) is 4.79 Å². The summed E-state index contributed by atoms with van der Waals surface area (Å²) in [5.74, 6) is 0.345. The normalized spacial score (nSPS) is 28.5. The summed E-state index contributed by atoms with van der Waals surface area (Å²) in [6, 6.07) is -0.125. The molecule has 3 nitrogen and oxygen atoms in total. The molecule has 0 amide bonds. The average molecular weight is 197 g/mol. The fourth-order valence-electron chi connectivity index (χ4n) is 2.11. The monoisotopic (exact) mass is 197 g/mol. The Morgan fingerprint density at radius 1 is 1.29 bits per heavy atom. The van der Waals surface area contributed by atoms with Crippen molar-refractivity contribution in [2.75, 3.05) is 0 Å². The minimum absolute atomic E-state index is 0.0615. The maximum atomic E-state index is 11.9. The zero-order chi connectivity index (χ0) is 10.8. The van der Waals surface area contributed by atoms with Crippen LogP contribution in [0.15, 0.2) is 5.18 Å². The molecule has 0 aromatic carbocycles. The predicted molar refractivity (Wildman–Crippen MR) is 56.0 cm³/mol. The van der Waals surface area contributed by atoms with Gasteiger partial charge in [0.2, 0.25) is 0 Å². The number of Topliss-reactive ketones (excluding diaryl/α,β-unsaturated/α-hetero) is 1. The highest BCUT2D eigenvalue weighted by Crippen LogP contribution is 2.32. The third kappa shape index (κ3) is 2.63. The summed E-state index contributed by atoms with van der Waals surface area (Å²) in [6.07, 6.45) is 3.42. The van der Waals surface area contributed by atoms with Crippen LogP contribution in [0.2, 0.25) is 0 Å². The number of rotatable bonds is 2. The molecule has 2 atom stereocenters. The Hall–Kier alpha value is -0.730. The van der Waals surface area contributed by atoms with Crippen molar-refractivity contribution in [1.29, 1.82) is 0 Å². The molecule has 0 aromatic rings. The highest BCUT2D eigenvalue weighted by atomic mass is 16.3. The van der Waals surface area contributed by atoms with Gasteiger partial charge in [0.05, 0.1) is 6.04 Å². The van der Waals surface area contributed by atoms with Gasteiger partial charge in [0.1, 0.15) is 5.78 Å². The molecule has 0 N–H and O–H groups in total. The molecule has 0 heterocycles. The largest absolute Gasteiger partial charge is 0.299 e. The lowest BCUT2D eigenvalue weighted by molar-refractivity contribution is -0.131. The van der Waals surface area contributed by atoms with E-state index >= 15 is 0 Å². The van der Waals surface area contributed by atoms with Gasteiger partial charge >= 0.3 is 0 Å². The molecule has 0 aromatic heterocycles. The molecular formula is C11H19NO2. The van der Waals surface area contributed by atoms with E-state index in [1.165, 1.54) is 0 Å². The van der Waals surface area contributed by atoms with E-state index in [2.05, 4.69) is 5.18 Å². The first-order valence-corrected chi connectivity index (χ1v) is 5.32. The van der Waals surface area contributed by atoms with Crippen LogP contribution in [0.1, 0.15) is 46.5 Å². The van der Waals surface area contributed by atoms with Crippen molar-refractivity contribution < 1.29 is 4.79 Å². The molecule has 0 bridgehead atoms. The summed E-state index contributed by atoms with van der Waals surface area (Å²) in [7, 11) is 0. The molecule has 0 aliphatic heterocycles. The summed E-state index contributed by atoms with van der Waals surface area (Å²) in [6.45, 7) is 5.81. The van der Waals surface area contributed by atoms with Gasteiger partial charge in [-0.25, -0.2) is 0 Å². The van der Waals surface area contributed by atoms with Gasteiger partial charge in [-0.15, -0.1) is 0 Å². The third-order valence-corrected chi connectivity index (χ3v) is 2.91. The second-order valence-electron chi connectivity index (χ2n) is 5.24. The first-order valence-electron chi connectivity index (χ1n) is 5.32. The summed E-state index contributed by atoms with van der Waals surface area (Å²) in [5, 5.41) is 3.06. The zero-order valence-corrected chi connectivity index (χ0v) is 9.25. The summed E-state index contributed by atoms with van der Waals surface area (Å²) in [4.78, 5) is 22.4. The van der Waals surface area contributed by atoms with Crippen molar-refractivity contribution in [2.45, 2.75) is 52.5 Å². The average Bonchev–Trinajstić information content (AvgIpc) is 2.15. The standard InChI is InChI=1S/C11H19NO2/c1-11(2,3)10(13)8-5-4-6-9(7-8)12-14/h8-9H,4-7H2,1-3H3. The molecule has 1 saturated carbocycles. The zero-order valence-electron chi connectivity index (χ0n) is 9.25. The molecule has 0 saturated heterocycles. The van der Waals surface area contributed by atoms with Crippen molar-refractivity contribution in [3.63, 3.8) is 0 Å². The molecule has 1 aliphatic carbocycles. The number of carbonyl (C=O) groups excluding carboxylic acids is 1. The first-order chi connectivity index (χ1) is 6.45. The van der Waals surface area contributed by atoms with Crippen molar-refractivity contribution in [1.82, 2.24) is 0 Å². The number of carbonyl (C=O) groups is 1. The number of ketones is 1. The summed E-state index contributed by atoms with van der Waals surface area (Å²) < 4.78 is 0. The van der Waals surface area contributed by atoms with E-state index in [1.807, 2.05) is 20.8 Å². The molecule has 3 heteroatoms. The van der Waals surface area contributed by atoms with Gasteiger partial charge in [-0.2, -0.15) is 4.91 Å². The molecule has 1 rings (SSSR count). The topological polar surface area (TPSA) is 46.5 Å². The summed E-state index contributed by atoms with van der Waals surface area (Å²) >= 11 is 0. The second-order valence-corrected chi connectivity index (χ2v) is 5.24. The Morgan fingerprint density at radius 3 is 2.43 bits per heavy atom. The second kappa shape index (κ2) is 4.20. The quantitative estimate of drug-likeness (QED) is 0.639. The fourth-order valence-corrected chi connectivity index (χ4v) is 2.11. The number of hydrogen-bond acceptors (Lipinski definition) is 3. The summed E-state index contributed by atoms with van der Waals surface area (Å²) in [5.41, 5.74) is -0.282. The van der Waals surface area contributed by atoms with Crippen LogP contribution in [0.5, 0.6) is 0 Å². The highest BCUT2D eigenvalue weighted by molar-refractivity contribution is 5.86. The molecule has 1 aliphatic rings. The van der Waals surface area contributed by atoms with E-state index in [0.717, 1.165) is 19.3 Å². The molecule has 80 valence electrons. The number of nitroso groups, excluding NO2 is 1. The van der Waals surface area contributed by atoms with Crippen LogP contribution in [0, 0.1) is 16.2 Å². The van der Waals surface area contributed by atoms with Gasteiger partial charge in [0.25, 0.3) is 0 Å². The van der Waals surface area contributed by atoms with Crippen LogP contribution in [-0.2, 0) is 4.79 Å². The lowest BCUT2D eigenvalue weighted by atomic mass is 9.75. The highest BCUT2D eigenvalue weighted by Gasteiger charge is 2.33. The Labute approximate surface area is 85.2 Å². The van der Waals surface area contributed by atoms with Crippen LogP contribution in [0.25, 0.3) is 0 Å². The Bertz CT molecular complexity index is 230. The number of nitrogens with zero attached hydrogens (tertiary/aromatic N) is 1. The van der Waals surface area contributed by atoms with Crippen LogP contribution >= 0.6 is 0 Å². The van der Waals surface area contributed by atoms with E-state index in [9.17, 15) is 9.70 Å². The van der Waals surface area contributed by atoms with Crippen LogP contribution < -0.4 is 0 Å². The predicted octanol–water partition coefficient (Wildman–Crippen LogP) is 2.93. The van der Waals surface area contributed by atoms with Gasteiger partial charge in [0.15, 0.2) is 0 Å². The maximum Gasteiger partial charge on any atom is 0.141 e. The van der Waals surface area contributed by atoms with Crippen LogP contribution in [-0.4, -0.2) is 11.8 Å². The molecule has 2 unspecified atom stereocenters. The molecule has 0 spiro atoms. The first kappa shape index (κ1) is 11.3. The lowest BCUT2D eigenvalue weighted by Gasteiger charge is -2.29. The van der Waals surface area contributed by atoms with Crippen molar-refractivity contribution in [3.05, 3.63) is 4.91 Å². The van der Waals surface area contributed by atoms with Gasteiger partial charge in [0, 0.05) is 11.3 Å². The lowest BCUT2D eigenvalue weighted by Crippen LogP contribution is -2.32. The molecule has 14 heavy (non-hydrogen) atoms. The minimum Gasteiger partial charge on any atom is -0.299 e. The van der Waals surface area contributed by atoms with Crippen LogP contribution in [0.3, 0.4) is 0 Å². The minimum atomic E-state index is -0.282. The van der Waals surface area contributed by atoms with Gasteiger partial charge < -0.3 is 0 Å².